The lowest BCUT2D eigenvalue weighted by molar-refractivity contribution is -0.145. The molecule has 0 saturated heterocycles. The number of ether oxygens (including phenoxy) is 1. The van der Waals surface area contributed by atoms with E-state index in [-0.39, 0.29) is 6.54 Å². The van der Waals surface area contributed by atoms with E-state index in [0.717, 1.165) is 0 Å². The molecule has 2 unspecified atom stereocenters. The lowest BCUT2D eigenvalue weighted by Crippen LogP contribution is -2.39. The molecule has 0 amide bonds. The van der Waals surface area contributed by atoms with Crippen LogP contribution in [0.15, 0.2) is 18.3 Å². The monoisotopic (exact) mass is 299 g/mol. The third-order valence-corrected chi connectivity index (χ3v) is 5.35. The predicted molar refractivity (Wildman–Crippen MR) is 70.9 cm³/mol. The molecule has 0 aliphatic heterocycles. The molecule has 1 aromatic rings. The zero-order valence-corrected chi connectivity index (χ0v) is 12.0. The van der Waals surface area contributed by atoms with Crippen molar-refractivity contribution in [3.63, 3.8) is 0 Å². The predicted octanol–water partition coefficient (Wildman–Crippen LogP) is 0.238. The van der Waals surface area contributed by atoms with E-state index >= 15 is 0 Å². The summed E-state index contributed by atoms with van der Waals surface area (Å²) in [5.41, 5.74) is 0.531. The summed E-state index contributed by atoms with van der Waals surface area (Å²) in [6.07, 6.45) is 3.23. The maximum absolute atomic E-state index is 12.3. The van der Waals surface area contributed by atoms with Crippen LogP contribution >= 0.6 is 0 Å². The van der Waals surface area contributed by atoms with E-state index in [4.69, 9.17) is 0 Å². The van der Waals surface area contributed by atoms with Crippen molar-refractivity contribution in [2.75, 3.05) is 7.11 Å². The molecule has 1 saturated carbocycles. The van der Waals surface area contributed by atoms with Crippen molar-refractivity contribution >= 4 is 16.0 Å². The molecule has 1 heterocycles. The van der Waals surface area contributed by atoms with Gasteiger partial charge in [-0.3, -0.25) is 4.79 Å². The fourth-order valence-electron chi connectivity index (χ4n) is 2.43. The first-order valence-electron chi connectivity index (χ1n) is 6.37. The largest absolute Gasteiger partial charge is 0.469 e. The van der Waals surface area contributed by atoms with Crippen molar-refractivity contribution in [1.82, 2.24) is 14.9 Å². The molecule has 2 atom stereocenters. The quantitative estimate of drug-likeness (QED) is 0.782. The minimum atomic E-state index is -3.58. The Labute approximate surface area is 117 Å². The summed E-state index contributed by atoms with van der Waals surface area (Å²) in [7, 11) is -2.31. The van der Waals surface area contributed by atoms with E-state index in [1.54, 1.807) is 12.1 Å². The van der Waals surface area contributed by atoms with Gasteiger partial charge in [0.15, 0.2) is 0 Å². The number of aromatic nitrogens is 2. The topological polar surface area (TPSA) is 98.2 Å². The highest BCUT2D eigenvalue weighted by Crippen LogP contribution is 2.31. The standard InChI is InChI=1S/C12H17N3O4S/c1-19-12(16)10-5-2-6-11(10)20(17,18)14-8-9-4-3-7-13-15-9/h3-4,7,10-11,14H,2,5-6,8H2,1H3. The Morgan fingerprint density at radius 1 is 1.50 bits per heavy atom. The van der Waals surface area contributed by atoms with E-state index in [1.165, 1.54) is 13.3 Å². The van der Waals surface area contributed by atoms with Crippen molar-refractivity contribution < 1.29 is 17.9 Å². The summed E-state index contributed by atoms with van der Waals surface area (Å²) in [6.45, 7) is 0.0700. The lowest BCUT2D eigenvalue weighted by Gasteiger charge is -2.18. The van der Waals surface area contributed by atoms with Crippen LogP contribution in [0.5, 0.6) is 0 Å². The molecule has 1 fully saturated rings. The van der Waals surface area contributed by atoms with Crippen LogP contribution in [0.4, 0.5) is 0 Å². The Morgan fingerprint density at radius 3 is 2.95 bits per heavy atom. The summed E-state index contributed by atoms with van der Waals surface area (Å²) in [6, 6.07) is 3.37. The van der Waals surface area contributed by atoms with Gasteiger partial charge in [0.2, 0.25) is 10.0 Å². The van der Waals surface area contributed by atoms with E-state index in [2.05, 4.69) is 19.7 Å². The molecule has 0 radical (unpaired) electrons. The van der Waals surface area contributed by atoms with Gasteiger partial charge in [-0.1, -0.05) is 6.42 Å². The molecule has 1 N–H and O–H groups in total. The van der Waals surface area contributed by atoms with Crippen LogP contribution in [-0.4, -0.2) is 36.9 Å². The minimum Gasteiger partial charge on any atom is -0.469 e. The summed E-state index contributed by atoms with van der Waals surface area (Å²) < 4.78 is 31.7. The van der Waals surface area contributed by atoms with E-state index < -0.39 is 27.2 Å². The number of hydrogen-bond donors (Lipinski definition) is 1. The molecule has 8 heteroatoms. The fraction of sp³-hybridized carbons (Fsp3) is 0.583. The number of esters is 1. The summed E-state index contributed by atoms with van der Waals surface area (Å²) in [5, 5.41) is 6.76. The summed E-state index contributed by atoms with van der Waals surface area (Å²) in [4.78, 5) is 11.6. The van der Waals surface area contributed by atoms with Gasteiger partial charge in [0.05, 0.1) is 30.5 Å². The maximum Gasteiger partial charge on any atom is 0.310 e. The van der Waals surface area contributed by atoms with Gasteiger partial charge in [0.25, 0.3) is 0 Å². The molecule has 0 aromatic carbocycles. The lowest BCUT2D eigenvalue weighted by atomic mass is 10.1. The van der Waals surface area contributed by atoms with Crippen LogP contribution in [-0.2, 0) is 26.1 Å². The zero-order valence-electron chi connectivity index (χ0n) is 11.2. The molecular weight excluding hydrogens is 282 g/mol. The number of carbonyl (C=O) groups is 1. The van der Waals surface area contributed by atoms with Crippen LogP contribution in [0.1, 0.15) is 25.0 Å². The third-order valence-electron chi connectivity index (χ3n) is 3.44. The Morgan fingerprint density at radius 2 is 2.30 bits per heavy atom. The van der Waals surface area contributed by atoms with Crippen LogP contribution < -0.4 is 4.72 Å². The Kier molecular flexibility index (Phi) is 4.66. The molecular formula is C12H17N3O4S. The Bertz CT molecular complexity index is 561. The van der Waals surface area contributed by atoms with E-state index in [1.807, 2.05) is 0 Å². The third kappa shape index (κ3) is 3.31. The van der Waals surface area contributed by atoms with Gasteiger partial charge in [-0.2, -0.15) is 10.2 Å². The molecule has 20 heavy (non-hydrogen) atoms. The van der Waals surface area contributed by atoms with Gasteiger partial charge >= 0.3 is 5.97 Å². The second-order valence-corrected chi connectivity index (χ2v) is 6.66. The zero-order chi connectivity index (χ0) is 14.6. The van der Waals surface area contributed by atoms with Crippen LogP contribution in [0.3, 0.4) is 0 Å². The summed E-state index contributed by atoms with van der Waals surface area (Å²) >= 11 is 0. The first-order valence-corrected chi connectivity index (χ1v) is 7.92. The number of nitrogens with one attached hydrogen (secondary N) is 1. The Hall–Kier alpha value is -1.54. The van der Waals surface area contributed by atoms with Crippen LogP contribution in [0.2, 0.25) is 0 Å². The SMILES string of the molecule is COC(=O)C1CCCC1S(=O)(=O)NCc1cccnn1. The summed E-state index contributed by atoms with van der Waals surface area (Å²) in [5.74, 6) is -1.04. The minimum absolute atomic E-state index is 0.0700. The molecule has 110 valence electrons. The molecule has 0 bridgehead atoms. The average molecular weight is 299 g/mol. The van der Waals surface area contributed by atoms with E-state index in [9.17, 15) is 13.2 Å². The molecule has 1 aliphatic rings. The van der Waals surface area contributed by atoms with Gasteiger partial charge in [-0.05, 0) is 25.0 Å². The number of methoxy groups -OCH3 is 1. The highest BCUT2D eigenvalue weighted by atomic mass is 32.2. The molecule has 1 aromatic heterocycles. The molecule has 0 spiro atoms. The second kappa shape index (κ2) is 6.27. The van der Waals surface area contributed by atoms with Crippen molar-refractivity contribution in [1.29, 1.82) is 0 Å². The van der Waals surface area contributed by atoms with Crippen molar-refractivity contribution in [3.8, 4) is 0 Å². The number of nitrogens with zero attached hydrogens (tertiary/aromatic N) is 2. The van der Waals surface area contributed by atoms with Gasteiger partial charge in [-0.25, -0.2) is 13.1 Å². The van der Waals surface area contributed by atoms with Gasteiger partial charge < -0.3 is 4.74 Å². The number of carbonyl (C=O) groups excluding carboxylic acids is 1. The first kappa shape index (κ1) is 14.9. The molecule has 1 aliphatic carbocycles. The highest BCUT2D eigenvalue weighted by molar-refractivity contribution is 7.90. The molecule has 7 nitrogen and oxygen atoms in total. The van der Waals surface area contributed by atoms with E-state index in [0.29, 0.717) is 25.0 Å². The highest BCUT2D eigenvalue weighted by Gasteiger charge is 2.42. The van der Waals surface area contributed by atoms with Crippen LogP contribution in [0, 0.1) is 5.92 Å². The van der Waals surface area contributed by atoms with Gasteiger partial charge in [0.1, 0.15) is 0 Å². The smallest absolute Gasteiger partial charge is 0.310 e. The van der Waals surface area contributed by atoms with Crippen molar-refractivity contribution in [2.24, 2.45) is 5.92 Å². The molecule has 2 rings (SSSR count). The fourth-order valence-corrected chi connectivity index (χ4v) is 4.15. The first-order chi connectivity index (χ1) is 9.54. The maximum atomic E-state index is 12.3. The van der Waals surface area contributed by atoms with Crippen molar-refractivity contribution in [3.05, 3.63) is 24.0 Å². The van der Waals surface area contributed by atoms with Crippen LogP contribution in [0.25, 0.3) is 0 Å². The average Bonchev–Trinajstić information content (AvgIpc) is 2.96. The number of sulfonamides is 1. The number of hydrogen-bond acceptors (Lipinski definition) is 6. The normalized spacial score (nSPS) is 22.6. The Balaban J connectivity index is 2.04. The van der Waals surface area contributed by atoms with Gasteiger partial charge in [0, 0.05) is 6.20 Å². The second-order valence-electron chi connectivity index (χ2n) is 4.68. The number of rotatable bonds is 5. The van der Waals surface area contributed by atoms with Crippen molar-refractivity contribution in [2.45, 2.75) is 31.1 Å². The van der Waals surface area contributed by atoms with Gasteiger partial charge in [-0.15, -0.1) is 0 Å².